The normalized spacial score (nSPS) is 22.4. The highest BCUT2D eigenvalue weighted by atomic mass is 16.3. The Hall–Kier alpha value is -0.570. The predicted molar refractivity (Wildman–Crippen MR) is 65.1 cm³/mol. The van der Waals surface area contributed by atoms with Gasteiger partial charge in [0.15, 0.2) is 0 Å². The molecule has 0 aromatic heterocycles. The van der Waals surface area contributed by atoms with E-state index in [2.05, 4.69) is 13.8 Å². The summed E-state index contributed by atoms with van der Waals surface area (Å²) >= 11 is 0. The molecule has 0 aromatic rings. The number of unbranched alkanes of at least 4 members (excludes halogenated alkanes) is 1. The van der Waals surface area contributed by atoms with Gasteiger partial charge in [-0.2, -0.15) is 0 Å². The molecular weight excluding hydrogens is 202 g/mol. The number of amides is 1. The van der Waals surface area contributed by atoms with Crippen LogP contribution in [-0.2, 0) is 4.79 Å². The van der Waals surface area contributed by atoms with E-state index >= 15 is 0 Å². The summed E-state index contributed by atoms with van der Waals surface area (Å²) in [5.74, 6) is 0.830. The van der Waals surface area contributed by atoms with Crippen LogP contribution in [0, 0.1) is 11.8 Å². The van der Waals surface area contributed by atoms with Gasteiger partial charge in [-0.1, -0.05) is 26.7 Å². The smallest absolute Gasteiger partial charge is 0.225 e. The van der Waals surface area contributed by atoms with Crippen molar-refractivity contribution in [2.24, 2.45) is 11.8 Å². The summed E-state index contributed by atoms with van der Waals surface area (Å²) in [5, 5.41) is 9.06. The maximum atomic E-state index is 12.2. The first-order valence-corrected chi connectivity index (χ1v) is 6.62. The van der Waals surface area contributed by atoms with Gasteiger partial charge < -0.3 is 10.0 Å². The van der Waals surface area contributed by atoms with Crippen molar-refractivity contribution in [2.45, 2.75) is 46.0 Å². The summed E-state index contributed by atoms with van der Waals surface area (Å²) in [6, 6.07) is 0. The molecule has 1 aliphatic heterocycles. The van der Waals surface area contributed by atoms with E-state index in [1.165, 1.54) is 0 Å². The Kier molecular flexibility index (Phi) is 5.81. The lowest BCUT2D eigenvalue weighted by atomic mass is 9.98. The number of likely N-dealkylation sites (tertiary alicyclic amines) is 1. The van der Waals surface area contributed by atoms with E-state index in [0.717, 1.165) is 45.2 Å². The van der Waals surface area contributed by atoms with Gasteiger partial charge in [-0.25, -0.2) is 0 Å². The fourth-order valence-corrected chi connectivity index (χ4v) is 2.39. The molecule has 0 aliphatic carbocycles. The summed E-state index contributed by atoms with van der Waals surface area (Å²) in [4.78, 5) is 14.1. The molecule has 0 bridgehead atoms. The molecule has 3 nitrogen and oxygen atoms in total. The number of carbonyl (C=O) groups excluding carboxylic acids is 1. The van der Waals surface area contributed by atoms with Crippen LogP contribution in [0.5, 0.6) is 0 Å². The Labute approximate surface area is 98.8 Å². The summed E-state index contributed by atoms with van der Waals surface area (Å²) in [6.07, 6.45) is 5.22. The molecule has 2 atom stereocenters. The van der Waals surface area contributed by atoms with E-state index < -0.39 is 0 Å². The topological polar surface area (TPSA) is 40.5 Å². The molecule has 16 heavy (non-hydrogen) atoms. The second kappa shape index (κ2) is 6.89. The van der Waals surface area contributed by atoms with Crippen LogP contribution in [0.3, 0.4) is 0 Å². The molecule has 1 amide bonds. The maximum Gasteiger partial charge on any atom is 0.225 e. The Morgan fingerprint density at radius 2 is 2.25 bits per heavy atom. The molecule has 0 saturated carbocycles. The summed E-state index contributed by atoms with van der Waals surface area (Å²) < 4.78 is 0. The Morgan fingerprint density at radius 3 is 2.75 bits per heavy atom. The average Bonchev–Trinajstić information content (AvgIpc) is 2.78. The van der Waals surface area contributed by atoms with Gasteiger partial charge in [0.05, 0.1) is 0 Å². The number of nitrogens with zero attached hydrogens (tertiary/aromatic N) is 1. The van der Waals surface area contributed by atoms with Crippen LogP contribution in [0.25, 0.3) is 0 Å². The highest BCUT2D eigenvalue weighted by molar-refractivity contribution is 5.79. The van der Waals surface area contributed by atoms with Crippen molar-refractivity contribution >= 4 is 5.91 Å². The van der Waals surface area contributed by atoms with Crippen molar-refractivity contribution in [3.05, 3.63) is 0 Å². The van der Waals surface area contributed by atoms with Crippen LogP contribution >= 0.6 is 0 Å². The van der Waals surface area contributed by atoms with Crippen molar-refractivity contribution in [2.75, 3.05) is 19.7 Å². The fourth-order valence-electron chi connectivity index (χ4n) is 2.39. The number of carbonyl (C=O) groups is 1. The largest absolute Gasteiger partial charge is 0.396 e. The van der Waals surface area contributed by atoms with Crippen LogP contribution in [0.4, 0.5) is 0 Å². The minimum atomic E-state index is 0.206. The van der Waals surface area contributed by atoms with Gasteiger partial charge in [-0.15, -0.1) is 0 Å². The summed E-state index contributed by atoms with van der Waals surface area (Å²) in [5.41, 5.74) is 0. The molecule has 2 unspecified atom stereocenters. The second-order valence-electron chi connectivity index (χ2n) is 4.87. The van der Waals surface area contributed by atoms with Gasteiger partial charge in [0.1, 0.15) is 0 Å². The van der Waals surface area contributed by atoms with Crippen molar-refractivity contribution in [1.29, 1.82) is 0 Å². The minimum absolute atomic E-state index is 0.206. The number of aliphatic hydroxyl groups is 1. The van der Waals surface area contributed by atoms with Gasteiger partial charge in [-0.05, 0) is 19.3 Å². The third kappa shape index (κ3) is 3.48. The molecule has 0 aromatic carbocycles. The average molecular weight is 227 g/mol. The molecular formula is C13H25NO2. The Balaban J connectivity index is 2.42. The van der Waals surface area contributed by atoms with Crippen LogP contribution in [0.1, 0.15) is 46.0 Å². The highest BCUT2D eigenvalue weighted by Gasteiger charge is 2.29. The lowest BCUT2D eigenvalue weighted by molar-refractivity contribution is -0.135. The molecule has 1 heterocycles. The van der Waals surface area contributed by atoms with Gasteiger partial charge in [0.2, 0.25) is 5.91 Å². The molecule has 1 saturated heterocycles. The van der Waals surface area contributed by atoms with Crippen molar-refractivity contribution in [1.82, 2.24) is 4.90 Å². The zero-order valence-electron chi connectivity index (χ0n) is 10.6. The van der Waals surface area contributed by atoms with E-state index in [4.69, 9.17) is 5.11 Å². The highest BCUT2D eigenvalue weighted by Crippen LogP contribution is 2.21. The van der Waals surface area contributed by atoms with E-state index in [1.807, 2.05) is 4.90 Å². The Bertz CT molecular complexity index is 214. The zero-order valence-corrected chi connectivity index (χ0v) is 10.6. The monoisotopic (exact) mass is 227 g/mol. The van der Waals surface area contributed by atoms with Crippen LogP contribution in [-0.4, -0.2) is 35.6 Å². The van der Waals surface area contributed by atoms with Gasteiger partial charge in [0, 0.05) is 31.5 Å². The van der Waals surface area contributed by atoms with E-state index in [-0.39, 0.29) is 12.5 Å². The minimum Gasteiger partial charge on any atom is -0.396 e. The van der Waals surface area contributed by atoms with E-state index in [9.17, 15) is 4.79 Å². The SMILES string of the molecule is CCCCC(CC)C(=O)N1CCC(CO)C1. The number of hydrogen-bond acceptors (Lipinski definition) is 2. The van der Waals surface area contributed by atoms with Crippen molar-refractivity contribution in [3.63, 3.8) is 0 Å². The lowest BCUT2D eigenvalue weighted by Crippen LogP contribution is -2.34. The van der Waals surface area contributed by atoms with Crippen LogP contribution < -0.4 is 0 Å². The molecule has 1 aliphatic rings. The lowest BCUT2D eigenvalue weighted by Gasteiger charge is -2.22. The fraction of sp³-hybridized carbons (Fsp3) is 0.923. The van der Waals surface area contributed by atoms with E-state index in [0.29, 0.717) is 11.8 Å². The summed E-state index contributed by atoms with van der Waals surface area (Å²) in [6.45, 7) is 6.08. The van der Waals surface area contributed by atoms with Crippen LogP contribution in [0.2, 0.25) is 0 Å². The predicted octanol–water partition coefficient (Wildman–Crippen LogP) is 2.04. The molecule has 1 rings (SSSR count). The molecule has 3 heteroatoms. The molecule has 94 valence electrons. The molecule has 0 spiro atoms. The molecule has 1 fully saturated rings. The first kappa shape index (κ1) is 13.5. The van der Waals surface area contributed by atoms with E-state index in [1.54, 1.807) is 0 Å². The summed E-state index contributed by atoms with van der Waals surface area (Å²) in [7, 11) is 0. The van der Waals surface area contributed by atoms with Crippen molar-refractivity contribution in [3.8, 4) is 0 Å². The first-order valence-electron chi connectivity index (χ1n) is 6.62. The molecule has 0 radical (unpaired) electrons. The number of hydrogen-bond donors (Lipinski definition) is 1. The Morgan fingerprint density at radius 1 is 1.50 bits per heavy atom. The zero-order chi connectivity index (χ0) is 12.0. The van der Waals surface area contributed by atoms with Crippen LogP contribution in [0.15, 0.2) is 0 Å². The third-order valence-corrected chi connectivity index (χ3v) is 3.60. The van der Waals surface area contributed by atoms with Crippen molar-refractivity contribution < 1.29 is 9.90 Å². The second-order valence-corrected chi connectivity index (χ2v) is 4.87. The molecule has 1 N–H and O–H groups in total. The number of rotatable bonds is 6. The van der Waals surface area contributed by atoms with Gasteiger partial charge >= 0.3 is 0 Å². The standard InChI is InChI=1S/C13H25NO2/c1-3-5-6-12(4-2)13(16)14-8-7-11(9-14)10-15/h11-12,15H,3-10H2,1-2H3. The first-order chi connectivity index (χ1) is 7.72. The third-order valence-electron chi connectivity index (χ3n) is 3.60. The quantitative estimate of drug-likeness (QED) is 0.754. The number of aliphatic hydroxyl groups excluding tert-OH is 1. The van der Waals surface area contributed by atoms with Gasteiger partial charge in [0.25, 0.3) is 0 Å². The van der Waals surface area contributed by atoms with Gasteiger partial charge in [-0.3, -0.25) is 4.79 Å². The maximum absolute atomic E-state index is 12.2.